The number of rotatable bonds is 3. The van der Waals surface area contributed by atoms with Gasteiger partial charge in [0.1, 0.15) is 0 Å². The SMILES string of the molecule is CCN[Si](O)(O)CC. The van der Waals surface area contributed by atoms with Crippen molar-refractivity contribution in [3.63, 3.8) is 0 Å². The molecule has 0 aromatic rings. The predicted molar refractivity (Wildman–Crippen MR) is 34.3 cm³/mol. The first-order chi connectivity index (χ1) is 3.62. The van der Waals surface area contributed by atoms with E-state index >= 15 is 0 Å². The summed E-state index contributed by atoms with van der Waals surface area (Å²) in [4.78, 5) is 20.4. The number of nitrogens with one attached hydrogen (secondary N) is 1. The summed E-state index contributed by atoms with van der Waals surface area (Å²) in [5.74, 6) is 0. The van der Waals surface area contributed by atoms with Crippen molar-refractivity contribution < 1.29 is 9.59 Å². The maximum atomic E-state index is 8.91. The third kappa shape index (κ3) is 3.14. The van der Waals surface area contributed by atoms with Gasteiger partial charge in [0.15, 0.2) is 0 Å². The van der Waals surface area contributed by atoms with Gasteiger partial charge in [-0.15, -0.1) is 0 Å². The number of hydrogen-bond donors (Lipinski definition) is 3. The second-order valence-corrected chi connectivity index (χ2v) is 4.39. The van der Waals surface area contributed by atoms with E-state index in [2.05, 4.69) is 4.98 Å². The molecule has 0 aliphatic rings. The standard InChI is InChI=1S/C4H13NO2Si/c1-3-5-8(6,7)4-2/h5-7H,3-4H2,1-2H3. The maximum absolute atomic E-state index is 8.91. The molecule has 0 aliphatic carbocycles. The largest absolute Gasteiger partial charge is 0.419 e. The van der Waals surface area contributed by atoms with Gasteiger partial charge in [-0.3, -0.25) is 4.98 Å². The van der Waals surface area contributed by atoms with Crippen LogP contribution in [0.5, 0.6) is 0 Å². The zero-order valence-corrected chi connectivity index (χ0v) is 6.31. The van der Waals surface area contributed by atoms with Crippen LogP contribution in [0.2, 0.25) is 6.04 Å². The fourth-order valence-electron chi connectivity index (χ4n) is 0.408. The van der Waals surface area contributed by atoms with Crippen LogP contribution in [0.3, 0.4) is 0 Å². The Morgan fingerprint density at radius 2 is 1.88 bits per heavy atom. The quantitative estimate of drug-likeness (QED) is 0.459. The smallest absolute Gasteiger partial charge is 0.399 e. The first-order valence-corrected chi connectivity index (χ1v) is 4.92. The normalized spacial score (nSPS) is 12.0. The second kappa shape index (κ2) is 3.19. The summed E-state index contributed by atoms with van der Waals surface area (Å²) in [5, 5.41) is 0. The Bertz CT molecular complexity index is 67.1. The average Bonchev–Trinajstić information content (AvgIpc) is 1.67. The molecule has 0 atom stereocenters. The lowest BCUT2D eigenvalue weighted by atomic mass is 10.8. The van der Waals surface area contributed by atoms with Crippen LogP contribution in [0.15, 0.2) is 0 Å². The van der Waals surface area contributed by atoms with Crippen molar-refractivity contribution in [3.8, 4) is 0 Å². The Balaban J connectivity index is 3.37. The highest BCUT2D eigenvalue weighted by molar-refractivity contribution is 6.61. The predicted octanol–water partition coefficient (Wildman–Crippen LogP) is -0.461. The lowest BCUT2D eigenvalue weighted by molar-refractivity contribution is 0.341. The first-order valence-electron chi connectivity index (χ1n) is 2.82. The molecule has 50 valence electrons. The lowest BCUT2D eigenvalue weighted by Gasteiger charge is -2.14. The van der Waals surface area contributed by atoms with Crippen LogP contribution in [0, 0.1) is 0 Å². The van der Waals surface area contributed by atoms with E-state index in [0.29, 0.717) is 12.6 Å². The zero-order valence-electron chi connectivity index (χ0n) is 5.31. The molecule has 0 aliphatic heterocycles. The molecule has 0 rings (SSSR count). The molecule has 0 fully saturated rings. The van der Waals surface area contributed by atoms with E-state index in [1.807, 2.05) is 6.92 Å². The van der Waals surface area contributed by atoms with Crippen molar-refractivity contribution in [2.24, 2.45) is 0 Å². The molecule has 3 nitrogen and oxygen atoms in total. The van der Waals surface area contributed by atoms with Gasteiger partial charge in [0.25, 0.3) is 0 Å². The van der Waals surface area contributed by atoms with Gasteiger partial charge in [-0.05, 0) is 6.54 Å². The van der Waals surface area contributed by atoms with Crippen LogP contribution in [0.1, 0.15) is 13.8 Å². The minimum atomic E-state index is -2.93. The van der Waals surface area contributed by atoms with Crippen LogP contribution >= 0.6 is 0 Å². The van der Waals surface area contributed by atoms with Gasteiger partial charge in [0.05, 0.1) is 0 Å². The molecule has 4 heteroatoms. The first kappa shape index (κ1) is 8.10. The molecule has 0 heterocycles. The molecule has 0 radical (unpaired) electrons. The molecular weight excluding hydrogens is 122 g/mol. The monoisotopic (exact) mass is 135 g/mol. The third-order valence-electron chi connectivity index (χ3n) is 0.953. The van der Waals surface area contributed by atoms with E-state index in [4.69, 9.17) is 9.59 Å². The molecule has 0 spiro atoms. The molecule has 0 saturated heterocycles. The summed E-state index contributed by atoms with van der Waals surface area (Å²) in [6, 6.07) is 0.445. The van der Waals surface area contributed by atoms with Crippen molar-refractivity contribution >= 4 is 8.72 Å². The average molecular weight is 135 g/mol. The Kier molecular flexibility index (Phi) is 3.23. The van der Waals surface area contributed by atoms with Crippen LogP contribution in [0.4, 0.5) is 0 Å². The minimum Gasteiger partial charge on any atom is -0.399 e. The maximum Gasteiger partial charge on any atom is 0.419 e. The summed E-state index contributed by atoms with van der Waals surface area (Å²) < 4.78 is 0. The Morgan fingerprint density at radius 1 is 1.38 bits per heavy atom. The molecule has 0 bridgehead atoms. The molecule has 0 aromatic heterocycles. The number of hydrogen-bond acceptors (Lipinski definition) is 3. The Labute approximate surface area is 50.7 Å². The summed E-state index contributed by atoms with van der Waals surface area (Å²) in [6.07, 6.45) is 0. The van der Waals surface area contributed by atoms with Gasteiger partial charge in [-0.2, -0.15) is 0 Å². The highest BCUT2D eigenvalue weighted by Gasteiger charge is 2.24. The zero-order chi connectivity index (χ0) is 6.62. The van der Waals surface area contributed by atoms with E-state index in [9.17, 15) is 0 Å². The van der Waals surface area contributed by atoms with E-state index in [1.54, 1.807) is 6.92 Å². The molecule has 8 heavy (non-hydrogen) atoms. The van der Waals surface area contributed by atoms with Crippen LogP contribution in [-0.4, -0.2) is 24.9 Å². The van der Waals surface area contributed by atoms with Crippen molar-refractivity contribution in [1.82, 2.24) is 4.98 Å². The van der Waals surface area contributed by atoms with E-state index in [-0.39, 0.29) is 0 Å². The fourth-order valence-corrected chi connectivity index (χ4v) is 1.22. The second-order valence-electron chi connectivity index (χ2n) is 1.70. The fraction of sp³-hybridized carbons (Fsp3) is 1.00. The molecule has 0 amide bonds. The Hall–Kier alpha value is 0.0969. The molecule has 3 N–H and O–H groups in total. The van der Waals surface area contributed by atoms with Crippen LogP contribution < -0.4 is 4.98 Å². The molecule has 0 saturated carbocycles. The molecule has 0 unspecified atom stereocenters. The lowest BCUT2D eigenvalue weighted by Crippen LogP contribution is -2.50. The van der Waals surface area contributed by atoms with Crippen LogP contribution in [-0.2, 0) is 0 Å². The van der Waals surface area contributed by atoms with Gasteiger partial charge in [0, 0.05) is 6.04 Å². The van der Waals surface area contributed by atoms with Crippen molar-refractivity contribution in [2.75, 3.05) is 6.54 Å². The third-order valence-corrected chi connectivity index (χ3v) is 2.86. The summed E-state index contributed by atoms with van der Waals surface area (Å²) >= 11 is 0. The van der Waals surface area contributed by atoms with E-state index in [0.717, 1.165) is 0 Å². The summed E-state index contributed by atoms with van der Waals surface area (Å²) in [5.41, 5.74) is 0. The van der Waals surface area contributed by atoms with Crippen LogP contribution in [0.25, 0.3) is 0 Å². The van der Waals surface area contributed by atoms with E-state index in [1.165, 1.54) is 0 Å². The summed E-state index contributed by atoms with van der Waals surface area (Å²) in [7, 11) is -2.93. The Morgan fingerprint density at radius 3 is 2.00 bits per heavy atom. The van der Waals surface area contributed by atoms with Crippen molar-refractivity contribution in [2.45, 2.75) is 19.9 Å². The topological polar surface area (TPSA) is 52.5 Å². The highest BCUT2D eigenvalue weighted by Crippen LogP contribution is 1.92. The van der Waals surface area contributed by atoms with Gasteiger partial charge < -0.3 is 9.59 Å². The van der Waals surface area contributed by atoms with Crippen molar-refractivity contribution in [3.05, 3.63) is 0 Å². The van der Waals surface area contributed by atoms with Crippen molar-refractivity contribution in [1.29, 1.82) is 0 Å². The highest BCUT2D eigenvalue weighted by atomic mass is 28.4. The van der Waals surface area contributed by atoms with Gasteiger partial charge in [-0.1, -0.05) is 13.8 Å². The molecular formula is C4H13NO2Si. The van der Waals surface area contributed by atoms with Gasteiger partial charge >= 0.3 is 8.72 Å². The molecule has 0 aromatic carbocycles. The summed E-state index contributed by atoms with van der Waals surface area (Å²) in [6.45, 7) is 4.24. The minimum absolute atomic E-state index is 0.445. The van der Waals surface area contributed by atoms with E-state index < -0.39 is 8.72 Å². The van der Waals surface area contributed by atoms with Gasteiger partial charge in [0.2, 0.25) is 0 Å². The van der Waals surface area contributed by atoms with Gasteiger partial charge in [-0.25, -0.2) is 0 Å².